The van der Waals surface area contributed by atoms with E-state index in [0.717, 1.165) is 17.7 Å². The number of primary amides is 1. The number of piperidine rings is 1. The molecule has 3 aromatic rings. The van der Waals surface area contributed by atoms with E-state index in [1.54, 1.807) is 6.07 Å². The second-order valence-electron chi connectivity index (χ2n) is 9.05. The number of carbonyl (C=O) groups excluding carboxylic acids is 1. The highest BCUT2D eigenvalue weighted by Gasteiger charge is 2.24. The highest BCUT2D eigenvalue weighted by molar-refractivity contribution is 6.31. The molecule has 0 bridgehead atoms. The number of aromatic nitrogens is 1. The molecule has 2 aromatic carbocycles. The zero-order valence-corrected chi connectivity index (χ0v) is 20.7. The van der Waals surface area contributed by atoms with Crippen LogP contribution < -0.4 is 20.7 Å². The predicted octanol–water partition coefficient (Wildman–Crippen LogP) is 4.82. The summed E-state index contributed by atoms with van der Waals surface area (Å²) in [7, 11) is 0. The second-order valence-corrected chi connectivity index (χ2v) is 9.45. The van der Waals surface area contributed by atoms with Crippen LogP contribution in [0.1, 0.15) is 24.8 Å². The Morgan fingerprint density at radius 3 is 2.81 bits per heavy atom. The Balaban J connectivity index is 1.58. The number of hydrogen-bond donors (Lipinski definition) is 2. The molecule has 3 heterocycles. The minimum absolute atomic E-state index is 0.0230. The summed E-state index contributed by atoms with van der Waals surface area (Å²) in [4.78, 5) is 18.0. The molecule has 0 spiro atoms. The molecule has 190 valence electrons. The summed E-state index contributed by atoms with van der Waals surface area (Å²) >= 11 is 5.98. The maximum atomic E-state index is 13.7. The van der Waals surface area contributed by atoms with Gasteiger partial charge in [-0.15, -0.1) is 0 Å². The summed E-state index contributed by atoms with van der Waals surface area (Å²) in [6.07, 6.45) is 5.13. The topological polar surface area (TPSA) is 114 Å². The van der Waals surface area contributed by atoms with Gasteiger partial charge in [0, 0.05) is 48.9 Å². The van der Waals surface area contributed by atoms with Crippen LogP contribution in [0.5, 0.6) is 5.75 Å². The number of fused-ring (bicyclic) bond motifs is 1. The summed E-state index contributed by atoms with van der Waals surface area (Å²) in [5.74, 6) is -0.286. The summed E-state index contributed by atoms with van der Waals surface area (Å²) < 4.78 is 25.6. The Bertz CT molecular complexity index is 1420. The minimum Gasteiger partial charge on any atom is -0.486 e. The van der Waals surface area contributed by atoms with Gasteiger partial charge in [-0.1, -0.05) is 17.2 Å². The molecule has 37 heavy (non-hydrogen) atoms. The lowest BCUT2D eigenvalue weighted by atomic mass is 10.0. The van der Waals surface area contributed by atoms with Crippen LogP contribution in [0.15, 0.2) is 48.2 Å². The van der Waals surface area contributed by atoms with E-state index >= 15 is 0 Å². The van der Waals surface area contributed by atoms with Crippen LogP contribution in [-0.2, 0) is 9.53 Å². The zero-order chi connectivity index (χ0) is 25.9. The smallest absolute Gasteiger partial charge is 0.241 e. The highest BCUT2D eigenvalue weighted by Crippen LogP contribution is 2.40. The highest BCUT2D eigenvalue weighted by atomic mass is 35.5. The number of nitrogens with one attached hydrogen (secondary N) is 1. The number of pyridine rings is 1. The van der Waals surface area contributed by atoms with Gasteiger partial charge in [-0.3, -0.25) is 9.78 Å². The van der Waals surface area contributed by atoms with Crippen molar-refractivity contribution >= 4 is 45.5 Å². The Morgan fingerprint density at radius 2 is 2.14 bits per heavy atom. The normalized spacial score (nSPS) is 17.5. The maximum Gasteiger partial charge on any atom is 0.241 e. The molecule has 0 saturated carbocycles. The van der Waals surface area contributed by atoms with Crippen molar-refractivity contribution in [1.82, 2.24) is 4.98 Å². The van der Waals surface area contributed by atoms with Crippen molar-refractivity contribution in [2.45, 2.75) is 25.4 Å². The summed E-state index contributed by atoms with van der Waals surface area (Å²) in [5, 5.41) is 13.7. The monoisotopic (exact) mass is 521 g/mol. The predicted molar refractivity (Wildman–Crippen MR) is 140 cm³/mol. The molecular formula is C27H25ClFN5O3. The zero-order valence-electron chi connectivity index (χ0n) is 20.0. The van der Waals surface area contributed by atoms with Crippen LogP contribution >= 0.6 is 11.6 Å². The van der Waals surface area contributed by atoms with Crippen molar-refractivity contribution < 1.29 is 18.7 Å². The number of ether oxygens (including phenoxy) is 2. The van der Waals surface area contributed by atoms with Gasteiger partial charge >= 0.3 is 0 Å². The molecular weight excluding hydrogens is 497 g/mol. The quantitative estimate of drug-likeness (QED) is 0.447. The van der Waals surface area contributed by atoms with Crippen molar-refractivity contribution in [3.05, 3.63) is 64.6 Å². The fourth-order valence-corrected chi connectivity index (χ4v) is 4.83. The van der Waals surface area contributed by atoms with Crippen LogP contribution in [0.2, 0.25) is 5.02 Å². The molecule has 2 aliphatic heterocycles. The van der Waals surface area contributed by atoms with Crippen LogP contribution in [0, 0.1) is 17.1 Å². The van der Waals surface area contributed by atoms with E-state index in [-0.39, 0.29) is 11.1 Å². The molecule has 1 aromatic heterocycles. The molecule has 0 radical (unpaired) electrons. The number of anilines is 3. The molecule has 2 aliphatic rings. The SMILES string of the molecule is N#Cc1cnc2cc(OC3CCOC3)c(N3CCC(=CC(N)=O)CC3)cc2c1Nc1ccc(F)c(Cl)c1. The van der Waals surface area contributed by atoms with Crippen LogP contribution in [0.25, 0.3) is 10.9 Å². The van der Waals surface area contributed by atoms with Gasteiger partial charge in [-0.2, -0.15) is 5.26 Å². The number of halogens is 2. The number of nitrogens with two attached hydrogens (primary N) is 1. The first kappa shape index (κ1) is 24.8. The van der Waals surface area contributed by atoms with E-state index in [1.165, 1.54) is 24.4 Å². The van der Waals surface area contributed by atoms with Gasteiger partial charge < -0.3 is 25.4 Å². The summed E-state index contributed by atoms with van der Waals surface area (Å²) in [6.45, 7) is 2.51. The maximum absolute atomic E-state index is 13.7. The Kier molecular flexibility index (Phi) is 7.12. The summed E-state index contributed by atoms with van der Waals surface area (Å²) in [6, 6.07) is 10.3. The Hall–Kier alpha value is -3.87. The molecule has 0 aliphatic carbocycles. The number of hydrogen-bond acceptors (Lipinski definition) is 7. The van der Waals surface area contributed by atoms with Crippen molar-refractivity contribution in [2.24, 2.45) is 5.73 Å². The van der Waals surface area contributed by atoms with Crippen molar-refractivity contribution in [3.63, 3.8) is 0 Å². The third-order valence-electron chi connectivity index (χ3n) is 6.53. The largest absolute Gasteiger partial charge is 0.486 e. The number of nitrogens with zero attached hydrogens (tertiary/aromatic N) is 3. The first-order valence-electron chi connectivity index (χ1n) is 12.0. The van der Waals surface area contributed by atoms with E-state index in [1.807, 2.05) is 12.1 Å². The van der Waals surface area contributed by atoms with E-state index in [4.69, 9.17) is 26.8 Å². The van der Waals surface area contributed by atoms with E-state index < -0.39 is 11.7 Å². The van der Waals surface area contributed by atoms with Gasteiger partial charge in [0.05, 0.1) is 40.7 Å². The van der Waals surface area contributed by atoms with Gasteiger partial charge in [0.2, 0.25) is 5.91 Å². The minimum atomic E-state index is -0.526. The number of carbonyl (C=O) groups is 1. The lowest BCUT2D eigenvalue weighted by Crippen LogP contribution is -2.32. The van der Waals surface area contributed by atoms with Gasteiger partial charge in [0.25, 0.3) is 0 Å². The first-order chi connectivity index (χ1) is 17.9. The van der Waals surface area contributed by atoms with E-state index in [9.17, 15) is 14.4 Å². The number of nitriles is 1. The average Bonchev–Trinajstić information content (AvgIpc) is 3.39. The summed E-state index contributed by atoms with van der Waals surface area (Å²) in [5.41, 5.74) is 9.27. The molecule has 1 atom stereocenters. The van der Waals surface area contributed by atoms with E-state index in [0.29, 0.717) is 72.7 Å². The molecule has 2 fully saturated rings. The molecule has 1 unspecified atom stereocenters. The fraction of sp³-hybridized carbons (Fsp3) is 0.296. The molecule has 10 heteroatoms. The van der Waals surface area contributed by atoms with Gasteiger partial charge in [-0.25, -0.2) is 4.39 Å². The first-order valence-corrected chi connectivity index (χ1v) is 12.4. The second kappa shape index (κ2) is 10.6. The number of benzene rings is 2. The standard InChI is InChI=1S/C27H25ClFN5O3/c28-21-10-18(1-2-22(21)29)33-27-17(13-30)14-32-23-12-25(37-19-5-8-36-15-19)24(11-20(23)27)34-6-3-16(4-7-34)9-26(31)35/h1-2,9-12,14,19H,3-8,15H2,(H2,31,35)(H,32,33). The van der Waals surface area contributed by atoms with E-state index in [2.05, 4.69) is 21.3 Å². The van der Waals surface area contributed by atoms with Crippen molar-refractivity contribution in [3.8, 4) is 11.8 Å². The average molecular weight is 522 g/mol. The molecule has 2 saturated heterocycles. The van der Waals surface area contributed by atoms with Gasteiger partial charge in [-0.05, 0) is 37.1 Å². The Morgan fingerprint density at radius 1 is 1.32 bits per heavy atom. The fourth-order valence-electron chi connectivity index (χ4n) is 4.65. The molecule has 5 rings (SSSR count). The lowest BCUT2D eigenvalue weighted by molar-refractivity contribution is -0.113. The third-order valence-corrected chi connectivity index (χ3v) is 6.82. The van der Waals surface area contributed by atoms with Crippen LogP contribution in [0.4, 0.5) is 21.5 Å². The van der Waals surface area contributed by atoms with Crippen LogP contribution in [0.3, 0.4) is 0 Å². The lowest BCUT2D eigenvalue weighted by Gasteiger charge is -2.32. The molecule has 1 amide bonds. The van der Waals surface area contributed by atoms with Gasteiger partial charge in [0.15, 0.2) is 0 Å². The molecule has 3 N–H and O–H groups in total. The van der Waals surface area contributed by atoms with Crippen molar-refractivity contribution in [2.75, 3.05) is 36.5 Å². The number of amides is 1. The number of rotatable bonds is 6. The van der Waals surface area contributed by atoms with Gasteiger partial charge in [0.1, 0.15) is 23.7 Å². The van der Waals surface area contributed by atoms with Crippen LogP contribution in [-0.4, -0.2) is 43.3 Å². The third kappa shape index (κ3) is 5.45. The Labute approximate surface area is 218 Å². The van der Waals surface area contributed by atoms with Crippen molar-refractivity contribution in [1.29, 1.82) is 5.26 Å². The molecule has 8 nitrogen and oxygen atoms in total.